The third kappa shape index (κ3) is 6.48. The fourth-order valence-electron chi connectivity index (χ4n) is 2.78. The molecular weight excluding hydrogens is 496 g/mol. The SMILES string of the molecule is CCOc1ccc(NS(=O)(=O)c2ccc(NC(=O)COc3ccc(C)cc3Br)cc2)cc1. The summed E-state index contributed by atoms with van der Waals surface area (Å²) >= 11 is 3.40. The lowest BCUT2D eigenvalue weighted by atomic mass is 10.2. The van der Waals surface area contributed by atoms with Crippen LogP contribution < -0.4 is 19.5 Å². The van der Waals surface area contributed by atoms with Gasteiger partial charge >= 0.3 is 0 Å². The Balaban J connectivity index is 1.57. The number of aryl methyl sites for hydroxylation is 1. The lowest BCUT2D eigenvalue weighted by Crippen LogP contribution is -2.20. The van der Waals surface area contributed by atoms with Crippen LogP contribution in [-0.2, 0) is 14.8 Å². The number of anilines is 2. The largest absolute Gasteiger partial charge is 0.494 e. The van der Waals surface area contributed by atoms with E-state index in [2.05, 4.69) is 26.0 Å². The zero-order valence-corrected chi connectivity index (χ0v) is 20.0. The standard InChI is InChI=1S/C23H23BrN2O5S/c1-3-30-19-9-5-18(6-10-19)26-32(28,29)20-11-7-17(8-12-20)25-23(27)15-31-22-13-4-16(2)14-21(22)24/h4-14,26H,3,15H2,1-2H3,(H,25,27). The van der Waals surface area contributed by atoms with Crippen LogP contribution in [0.25, 0.3) is 0 Å². The summed E-state index contributed by atoms with van der Waals surface area (Å²) in [7, 11) is -3.77. The number of sulfonamides is 1. The lowest BCUT2D eigenvalue weighted by Gasteiger charge is -2.11. The summed E-state index contributed by atoms with van der Waals surface area (Å²) in [5.74, 6) is 0.863. The summed E-state index contributed by atoms with van der Waals surface area (Å²) in [6.07, 6.45) is 0. The van der Waals surface area contributed by atoms with Gasteiger partial charge in [-0.2, -0.15) is 0 Å². The van der Waals surface area contributed by atoms with E-state index in [0.29, 0.717) is 29.5 Å². The summed E-state index contributed by atoms with van der Waals surface area (Å²) in [6, 6.07) is 18.1. The first-order valence-corrected chi connectivity index (χ1v) is 12.1. The van der Waals surface area contributed by atoms with Gasteiger partial charge in [-0.15, -0.1) is 0 Å². The summed E-state index contributed by atoms with van der Waals surface area (Å²) in [5, 5.41) is 2.68. The average Bonchev–Trinajstić information content (AvgIpc) is 2.75. The molecule has 0 aliphatic carbocycles. The molecule has 2 N–H and O–H groups in total. The zero-order valence-electron chi connectivity index (χ0n) is 17.6. The maximum absolute atomic E-state index is 12.6. The molecule has 1 amide bonds. The molecule has 0 saturated heterocycles. The molecule has 0 aliphatic heterocycles. The molecule has 0 unspecified atom stereocenters. The molecule has 0 aromatic heterocycles. The van der Waals surface area contributed by atoms with E-state index in [4.69, 9.17) is 9.47 Å². The molecule has 32 heavy (non-hydrogen) atoms. The maximum atomic E-state index is 12.6. The highest BCUT2D eigenvalue weighted by molar-refractivity contribution is 9.10. The van der Waals surface area contributed by atoms with E-state index >= 15 is 0 Å². The number of carbonyl (C=O) groups excluding carboxylic acids is 1. The molecule has 0 bridgehead atoms. The van der Waals surface area contributed by atoms with Crippen LogP contribution in [0.4, 0.5) is 11.4 Å². The van der Waals surface area contributed by atoms with Crippen LogP contribution in [0, 0.1) is 6.92 Å². The molecule has 3 rings (SSSR count). The van der Waals surface area contributed by atoms with Crippen LogP contribution in [0.5, 0.6) is 11.5 Å². The van der Waals surface area contributed by atoms with Gasteiger partial charge in [0.25, 0.3) is 15.9 Å². The van der Waals surface area contributed by atoms with Gasteiger partial charge in [0.15, 0.2) is 6.61 Å². The summed E-state index contributed by atoms with van der Waals surface area (Å²) in [5.41, 5.74) is 1.95. The normalized spacial score (nSPS) is 11.0. The number of amides is 1. The third-order valence-electron chi connectivity index (χ3n) is 4.31. The number of carbonyl (C=O) groups is 1. The van der Waals surface area contributed by atoms with Gasteiger partial charge in [-0.3, -0.25) is 9.52 Å². The molecule has 168 valence electrons. The first-order chi connectivity index (χ1) is 15.3. The Morgan fingerprint density at radius 2 is 1.59 bits per heavy atom. The zero-order chi connectivity index (χ0) is 23.1. The lowest BCUT2D eigenvalue weighted by molar-refractivity contribution is -0.118. The van der Waals surface area contributed by atoms with E-state index in [-0.39, 0.29) is 17.4 Å². The highest BCUT2D eigenvalue weighted by Gasteiger charge is 2.15. The smallest absolute Gasteiger partial charge is 0.262 e. The van der Waals surface area contributed by atoms with Crippen molar-refractivity contribution < 1.29 is 22.7 Å². The van der Waals surface area contributed by atoms with Gasteiger partial charge < -0.3 is 14.8 Å². The minimum Gasteiger partial charge on any atom is -0.494 e. The van der Waals surface area contributed by atoms with E-state index in [1.165, 1.54) is 24.3 Å². The third-order valence-corrected chi connectivity index (χ3v) is 6.33. The molecule has 0 radical (unpaired) electrons. The van der Waals surface area contributed by atoms with Crippen LogP contribution in [0.2, 0.25) is 0 Å². The summed E-state index contributed by atoms with van der Waals surface area (Å²) in [6.45, 7) is 4.18. The highest BCUT2D eigenvalue weighted by Crippen LogP contribution is 2.26. The first-order valence-electron chi connectivity index (χ1n) is 9.81. The number of benzene rings is 3. The van der Waals surface area contributed by atoms with Gasteiger partial charge in [-0.1, -0.05) is 6.07 Å². The number of halogens is 1. The van der Waals surface area contributed by atoms with Gasteiger partial charge in [0, 0.05) is 11.4 Å². The fourth-order valence-corrected chi connectivity index (χ4v) is 4.45. The monoisotopic (exact) mass is 518 g/mol. The van der Waals surface area contributed by atoms with Crippen molar-refractivity contribution >= 4 is 43.2 Å². The van der Waals surface area contributed by atoms with Crippen molar-refractivity contribution in [1.29, 1.82) is 0 Å². The Morgan fingerprint density at radius 3 is 2.22 bits per heavy atom. The van der Waals surface area contributed by atoms with Crippen molar-refractivity contribution in [3.05, 3.63) is 76.8 Å². The molecular formula is C23H23BrN2O5S. The topological polar surface area (TPSA) is 93.7 Å². The predicted octanol–water partition coefficient (Wildman–Crippen LogP) is 4.97. The van der Waals surface area contributed by atoms with Crippen LogP contribution in [0.15, 0.2) is 76.1 Å². The van der Waals surface area contributed by atoms with Gasteiger partial charge in [0.1, 0.15) is 11.5 Å². The van der Waals surface area contributed by atoms with Crippen molar-refractivity contribution in [2.75, 3.05) is 23.3 Å². The number of ether oxygens (including phenoxy) is 2. The highest BCUT2D eigenvalue weighted by atomic mass is 79.9. The Labute approximate surface area is 195 Å². The molecule has 3 aromatic carbocycles. The molecule has 7 nitrogen and oxygen atoms in total. The minimum absolute atomic E-state index is 0.0734. The quantitative estimate of drug-likeness (QED) is 0.416. The number of rotatable bonds is 9. The Kier molecular flexibility index (Phi) is 7.76. The van der Waals surface area contributed by atoms with Crippen LogP contribution in [0.3, 0.4) is 0 Å². The molecule has 3 aromatic rings. The molecule has 0 atom stereocenters. The van der Waals surface area contributed by atoms with Crippen molar-refractivity contribution in [3.8, 4) is 11.5 Å². The molecule has 9 heteroatoms. The van der Waals surface area contributed by atoms with E-state index in [0.717, 1.165) is 10.0 Å². The molecule has 0 aliphatic rings. The fraction of sp³-hybridized carbons (Fsp3) is 0.174. The van der Waals surface area contributed by atoms with E-state index in [9.17, 15) is 13.2 Å². The Morgan fingerprint density at radius 1 is 0.938 bits per heavy atom. The van der Waals surface area contributed by atoms with E-state index in [1.807, 2.05) is 26.0 Å². The number of hydrogen-bond acceptors (Lipinski definition) is 5. The van der Waals surface area contributed by atoms with Gasteiger partial charge in [0.05, 0.1) is 16.0 Å². The summed E-state index contributed by atoms with van der Waals surface area (Å²) < 4.78 is 39.4. The van der Waals surface area contributed by atoms with Crippen LogP contribution in [0.1, 0.15) is 12.5 Å². The molecule has 0 heterocycles. The van der Waals surface area contributed by atoms with Gasteiger partial charge in [0.2, 0.25) is 0 Å². The van der Waals surface area contributed by atoms with Crippen molar-refractivity contribution in [2.24, 2.45) is 0 Å². The van der Waals surface area contributed by atoms with Crippen LogP contribution >= 0.6 is 15.9 Å². The second-order valence-electron chi connectivity index (χ2n) is 6.86. The minimum atomic E-state index is -3.77. The van der Waals surface area contributed by atoms with Gasteiger partial charge in [-0.25, -0.2) is 8.42 Å². The van der Waals surface area contributed by atoms with E-state index < -0.39 is 10.0 Å². The molecule has 0 saturated carbocycles. The van der Waals surface area contributed by atoms with Crippen molar-refractivity contribution in [3.63, 3.8) is 0 Å². The van der Waals surface area contributed by atoms with Crippen LogP contribution in [-0.4, -0.2) is 27.5 Å². The second kappa shape index (κ2) is 10.5. The second-order valence-corrected chi connectivity index (χ2v) is 9.39. The van der Waals surface area contributed by atoms with Gasteiger partial charge in [-0.05, 0) is 96.0 Å². The first kappa shape index (κ1) is 23.6. The molecule has 0 fully saturated rings. The average molecular weight is 519 g/mol. The number of hydrogen-bond donors (Lipinski definition) is 2. The predicted molar refractivity (Wildman–Crippen MR) is 128 cm³/mol. The Bertz CT molecular complexity index is 1180. The number of nitrogens with one attached hydrogen (secondary N) is 2. The maximum Gasteiger partial charge on any atom is 0.262 e. The van der Waals surface area contributed by atoms with E-state index in [1.54, 1.807) is 30.3 Å². The Hall–Kier alpha value is -3.04. The van der Waals surface area contributed by atoms with Crippen molar-refractivity contribution in [1.82, 2.24) is 0 Å². The molecule has 0 spiro atoms. The summed E-state index contributed by atoms with van der Waals surface area (Å²) in [4.78, 5) is 12.2. The van der Waals surface area contributed by atoms with Crippen molar-refractivity contribution in [2.45, 2.75) is 18.7 Å².